The van der Waals surface area contributed by atoms with E-state index in [0.717, 1.165) is 6.20 Å². The average Bonchev–Trinajstić information content (AvgIpc) is 2.09. The number of halogens is 3. The van der Waals surface area contributed by atoms with Crippen LogP contribution in [0.25, 0.3) is 0 Å². The number of rotatable bonds is 2. The van der Waals surface area contributed by atoms with Crippen molar-refractivity contribution in [3.05, 3.63) is 31.2 Å². The number of hydrogen-bond acceptors (Lipinski definition) is 2. The first-order valence-electron chi connectivity index (χ1n) is 3.22. The number of nitrogens with one attached hydrogen (secondary N) is 1. The molecule has 0 aliphatic heterocycles. The van der Waals surface area contributed by atoms with Crippen LogP contribution >= 0.6 is 22.6 Å². The van der Waals surface area contributed by atoms with Crippen LogP contribution in [0.15, 0.2) is 11.0 Å². The molecule has 0 spiro atoms. The molecule has 0 bridgehead atoms. The lowest BCUT2D eigenvalue weighted by molar-refractivity contribution is 0.110. The van der Waals surface area contributed by atoms with Gasteiger partial charge >= 0.3 is 0 Å². The Labute approximate surface area is 85.3 Å². The van der Waals surface area contributed by atoms with Crippen LogP contribution in [-0.4, -0.2) is 11.3 Å². The second kappa shape index (κ2) is 3.95. The second-order valence-electron chi connectivity index (χ2n) is 2.22. The zero-order valence-electron chi connectivity index (χ0n) is 6.18. The maximum absolute atomic E-state index is 12.2. The average molecular weight is 299 g/mol. The van der Waals surface area contributed by atoms with Crippen molar-refractivity contribution in [2.24, 2.45) is 0 Å². The van der Waals surface area contributed by atoms with E-state index in [2.05, 4.69) is 4.98 Å². The van der Waals surface area contributed by atoms with Gasteiger partial charge in [0.1, 0.15) is 0 Å². The van der Waals surface area contributed by atoms with Gasteiger partial charge < -0.3 is 4.98 Å². The van der Waals surface area contributed by atoms with E-state index in [1.807, 2.05) is 0 Å². The lowest BCUT2D eigenvalue weighted by Gasteiger charge is -2.03. The summed E-state index contributed by atoms with van der Waals surface area (Å²) in [7, 11) is 0. The van der Waals surface area contributed by atoms with Crippen LogP contribution in [0.4, 0.5) is 8.78 Å². The fourth-order valence-corrected chi connectivity index (χ4v) is 1.43. The summed E-state index contributed by atoms with van der Waals surface area (Å²) < 4.78 is 24.5. The van der Waals surface area contributed by atoms with Gasteiger partial charge in [-0.05, 0) is 22.6 Å². The largest absolute Gasteiger partial charge is 0.328 e. The Morgan fingerprint density at radius 2 is 2.15 bits per heavy atom. The summed E-state index contributed by atoms with van der Waals surface area (Å²) in [4.78, 5) is 23.4. The number of hydrogen-bond donors (Lipinski definition) is 1. The van der Waals surface area contributed by atoms with Crippen LogP contribution in [0.2, 0.25) is 0 Å². The number of carbonyl (C=O) groups excluding carboxylic acids is 1. The van der Waals surface area contributed by atoms with Gasteiger partial charge in [0.25, 0.3) is 12.0 Å². The van der Waals surface area contributed by atoms with E-state index in [1.54, 1.807) is 22.6 Å². The van der Waals surface area contributed by atoms with Crippen molar-refractivity contribution >= 4 is 28.9 Å². The van der Waals surface area contributed by atoms with Crippen molar-refractivity contribution in [2.45, 2.75) is 6.43 Å². The van der Waals surface area contributed by atoms with Gasteiger partial charge in [-0.1, -0.05) is 0 Å². The van der Waals surface area contributed by atoms with Crippen molar-refractivity contribution in [1.82, 2.24) is 4.98 Å². The van der Waals surface area contributed by atoms with E-state index in [1.165, 1.54) is 0 Å². The number of alkyl halides is 2. The number of aromatic amines is 1. The molecule has 0 aliphatic carbocycles. The zero-order valence-corrected chi connectivity index (χ0v) is 8.34. The number of aromatic nitrogens is 1. The molecule has 1 rings (SSSR count). The van der Waals surface area contributed by atoms with Crippen LogP contribution < -0.4 is 5.56 Å². The van der Waals surface area contributed by atoms with Crippen molar-refractivity contribution in [2.75, 3.05) is 0 Å². The maximum atomic E-state index is 12.2. The Hall–Kier alpha value is -0.790. The van der Waals surface area contributed by atoms with E-state index in [-0.39, 0.29) is 15.4 Å². The predicted octanol–water partition coefficient (Wildman–Crippen LogP) is 1.73. The minimum Gasteiger partial charge on any atom is -0.328 e. The first-order valence-corrected chi connectivity index (χ1v) is 4.30. The number of aldehydes is 1. The van der Waals surface area contributed by atoms with Crippen LogP contribution in [0.3, 0.4) is 0 Å². The lowest BCUT2D eigenvalue weighted by Crippen LogP contribution is -2.14. The monoisotopic (exact) mass is 299 g/mol. The van der Waals surface area contributed by atoms with Gasteiger partial charge in [0.2, 0.25) is 0 Å². The predicted molar refractivity (Wildman–Crippen MR) is 50.1 cm³/mol. The molecular weight excluding hydrogens is 295 g/mol. The molecule has 0 unspecified atom stereocenters. The molecule has 0 radical (unpaired) electrons. The van der Waals surface area contributed by atoms with Gasteiger partial charge in [-0.2, -0.15) is 0 Å². The quantitative estimate of drug-likeness (QED) is 0.668. The molecule has 0 saturated heterocycles. The van der Waals surface area contributed by atoms with Gasteiger partial charge in [-0.3, -0.25) is 9.59 Å². The van der Waals surface area contributed by atoms with E-state index in [9.17, 15) is 18.4 Å². The number of carbonyl (C=O) groups is 1. The highest BCUT2D eigenvalue weighted by Gasteiger charge is 2.16. The summed E-state index contributed by atoms with van der Waals surface area (Å²) in [6.45, 7) is 0. The van der Waals surface area contributed by atoms with Gasteiger partial charge in [0, 0.05) is 17.3 Å². The van der Waals surface area contributed by atoms with Crippen LogP contribution in [0.1, 0.15) is 22.3 Å². The summed E-state index contributed by atoms with van der Waals surface area (Å²) in [5.74, 6) is 0. The Morgan fingerprint density at radius 3 is 2.62 bits per heavy atom. The van der Waals surface area contributed by atoms with Crippen LogP contribution in [0.5, 0.6) is 0 Å². The van der Waals surface area contributed by atoms with Gasteiger partial charge in [0.15, 0.2) is 6.29 Å². The highest BCUT2D eigenvalue weighted by atomic mass is 127. The van der Waals surface area contributed by atoms with Crippen molar-refractivity contribution in [1.29, 1.82) is 0 Å². The van der Waals surface area contributed by atoms with E-state index < -0.39 is 17.5 Å². The Bertz CT molecular complexity index is 389. The minimum atomic E-state index is -2.76. The standard InChI is InChI=1S/C7H4F2INO2/c8-6(9)3-1-11-7(13)5(10)4(3)2-12/h1-2,6H,(H,11,13). The van der Waals surface area contributed by atoms with Crippen LogP contribution in [0, 0.1) is 3.57 Å². The fraction of sp³-hybridized carbons (Fsp3) is 0.143. The van der Waals surface area contributed by atoms with Gasteiger partial charge in [-0.25, -0.2) is 8.78 Å². The Balaban J connectivity index is 3.47. The van der Waals surface area contributed by atoms with E-state index in [0.29, 0.717) is 0 Å². The summed E-state index contributed by atoms with van der Waals surface area (Å²) >= 11 is 1.56. The molecule has 0 atom stereocenters. The molecule has 3 nitrogen and oxygen atoms in total. The molecule has 1 heterocycles. The Morgan fingerprint density at radius 1 is 1.54 bits per heavy atom. The molecule has 1 aromatic heterocycles. The number of H-pyrrole nitrogens is 1. The lowest BCUT2D eigenvalue weighted by atomic mass is 10.2. The third-order valence-corrected chi connectivity index (χ3v) is 2.53. The highest BCUT2D eigenvalue weighted by molar-refractivity contribution is 14.1. The van der Waals surface area contributed by atoms with Gasteiger partial charge in [0.05, 0.1) is 3.57 Å². The SMILES string of the molecule is O=Cc1c(C(F)F)c[nH]c(=O)c1I. The summed E-state index contributed by atoms with van der Waals surface area (Å²) in [6, 6.07) is 0. The van der Waals surface area contributed by atoms with Crippen molar-refractivity contribution < 1.29 is 13.6 Å². The first-order chi connectivity index (χ1) is 6.07. The molecule has 1 aromatic rings. The van der Waals surface area contributed by atoms with Crippen molar-refractivity contribution in [3.63, 3.8) is 0 Å². The molecule has 0 aromatic carbocycles. The maximum Gasteiger partial charge on any atom is 0.265 e. The summed E-state index contributed by atoms with van der Waals surface area (Å²) in [6.07, 6.45) is -1.64. The molecule has 13 heavy (non-hydrogen) atoms. The first kappa shape index (κ1) is 10.3. The van der Waals surface area contributed by atoms with Gasteiger partial charge in [-0.15, -0.1) is 0 Å². The molecule has 0 saturated carbocycles. The third-order valence-electron chi connectivity index (χ3n) is 1.46. The fourth-order valence-electron chi connectivity index (χ4n) is 0.834. The summed E-state index contributed by atoms with van der Waals surface area (Å²) in [5.41, 5.74) is -1.22. The molecule has 0 fully saturated rings. The molecule has 6 heteroatoms. The molecule has 0 aliphatic rings. The van der Waals surface area contributed by atoms with E-state index >= 15 is 0 Å². The molecule has 70 valence electrons. The minimum absolute atomic E-state index is 0.00889. The zero-order chi connectivity index (χ0) is 10.0. The summed E-state index contributed by atoms with van der Waals surface area (Å²) in [5, 5.41) is 0. The van der Waals surface area contributed by atoms with E-state index in [4.69, 9.17) is 0 Å². The highest BCUT2D eigenvalue weighted by Crippen LogP contribution is 2.22. The Kier molecular flexibility index (Phi) is 3.12. The number of pyridine rings is 1. The van der Waals surface area contributed by atoms with Crippen LogP contribution in [-0.2, 0) is 0 Å². The molecule has 0 amide bonds. The third kappa shape index (κ3) is 1.93. The second-order valence-corrected chi connectivity index (χ2v) is 3.30. The molecular formula is C7H4F2INO2. The molecule has 1 N–H and O–H groups in total. The normalized spacial score (nSPS) is 10.5. The smallest absolute Gasteiger partial charge is 0.265 e. The topological polar surface area (TPSA) is 49.9 Å². The van der Waals surface area contributed by atoms with Crippen molar-refractivity contribution in [3.8, 4) is 0 Å².